The van der Waals surface area contributed by atoms with Gasteiger partial charge in [0.1, 0.15) is 5.82 Å². The number of aromatic nitrogens is 1. The molecule has 5 nitrogen and oxygen atoms in total. The Balaban J connectivity index is 3.13. The quantitative estimate of drug-likeness (QED) is 0.348. The minimum atomic E-state index is 0.114. The largest absolute Gasteiger partial charge is 0.409 e. The SMILES string of the molecule is CCC(CC)N(CC(C)C)c1cc(C(N)=NO)ccn1. The van der Waals surface area contributed by atoms with Gasteiger partial charge in [0.2, 0.25) is 0 Å². The van der Waals surface area contributed by atoms with Crippen molar-refractivity contribution in [3.63, 3.8) is 0 Å². The number of amidine groups is 1. The molecule has 0 saturated heterocycles. The molecule has 3 N–H and O–H groups in total. The maximum atomic E-state index is 8.79. The van der Waals surface area contributed by atoms with Crippen molar-refractivity contribution in [1.29, 1.82) is 0 Å². The number of rotatable bonds is 7. The molecule has 0 unspecified atom stereocenters. The first-order valence-electron chi connectivity index (χ1n) is 7.24. The second-order valence-electron chi connectivity index (χ2n) is 5.40. The summed E-state index contributed by atoms with van der Waals surface area (Å²) in [4.78, 5) is 6.78. The summed E-state index contributed by atoms with van der Waals surface area (Å²) in [7, 11) is 0. The van der Waals surface area contributed by atoms with Crippen LogP contribution in [-0.4, -0.2) is 28.6 Å². The van der Waals surface area contributed by atoms with Gasteiger partial charge in [-0.3, -0.25) is 0 Å². The summed E-state index contributed by atoms with van der Waals surface area (Å²) < 4.78 is 0. The zero-order chi connectivity index (χ0) is 15.1. The molecule has 20 heavy (non-hydrogen) atoms. The first-order valence-corrected chi connectivity index (χ1v) is 7.24. The lowest BCUT2D eigenvalue weighted by molar-refractivity contribution is 0.318. The van der Waals surface area contributed by atoms with E-state index in [1.54, 1.807) is 12.3 Å². The van der Waals surface area contributed by atoms with Crippen molar-refractivity contribution in [2.24, 2.45) is 16.8 Å². The average molecular weight is 278 g/mol. The summed E-state index contributed by atoms with van der Waals surface area (Å²) in [6.07, 6.45) is 3.84. The van der Waals surface area contributed by atoms with Gasteiger partial charge >= 0.3 is 0 Å². The predicted molar refractivity (Wildman–Crippen MR) is 83.3 cm³/mol. The van der Waals surface area contributed by atoms with Gasteiger partial charge in [-0.25, -0.2) is 4.98 Å². The van der Waals surface area contributed by atoms with E-state index in [2.05, 4.69) is 42.7 Å². The second-order valence-corrected chi connectivity index (χ2v) is 5.40. The van der Waals surface area contributed by atoms with Crippen molar-refractivity contribution in [3.8, 4) is 0 Å². The highest BCUT2D eigenvalue weighted by molar-refractivity contribution is 5.97. The summed E-state index contributed by atoms with van der Waals surface area (Å²) in [6, 6.07) is 4.09. The lowest BCUT2D eigenvalue weighted by Gasteiger charge is -2.33. The molecular weight excluding hydrogens is 252 g/mol. The lowest BCUT2D eigenvalue weighted by atomic mass is 10.1. The summed E-state index contributed by atoms with van der Waals surface area (Å²) in [5.41, 5.74) is 6.35. The van der Waals surface area contributed by atoms with E-state index in [1.165, 1.54) is 0 Å². The molecule has 0 aromatic carbocycles. The highest BCUT2D eigenvalue weighted by Gasteiger charge is 2.18. The molecule has 0 saturated carbocycles. The molecule has 0 spiro atoms. The van der Waals surface area contributed by atoms with Crippen LogP contribution in [0.4, 0.5) is 5.82 Å². The lowest BCUT2D eigenvalue weighted by Crippen LogP contribution is -2.38. The van der Waals surface area contributed by atoms with Gasteiger partial charge in [0, 0.05) is 24.3 Å². The molecule has 0 aliphatic rings. The average Bonchev–Trinajstić information content (AvgIpc) is 2.46. The predicted octanol–water partition coefficient (Wildman–Crippen LogP) is 2.83. The van der Waals surface area contributed by atoms with E-state index in [0.29, 0.717) is 17.5 Å². The van der Waals surface area contributed by atoms with Crippen LogP contribution >= 0.6 is 0 Å². The Bertz CT molecular complexity index is 441. The second kappa shape index (κ2) is 7.72. The molecule has 5 heteroatoms. The van der Waals surface area contributed by atoms with Gasteiger partial charge in [-0.2, -0.15) is 0 Å². The van der Waals surface area contributed by atoms with Crippen LogP contribution in [0.2, 0.25) is 0 Å². The number of nitrogens with zero attached hydrogens (tertiary/aromatic N) is 3. The first kappa shape index (κ1) is 16.3. The van der Waals surface area contributed by atoms with Gasteiger partial charge in [-0.1, -0.05) is 32.9 Å². The normalized spacial score (nSPS) is 12.2. The van der Waals surface area contributed by atoms with Crippen molar-refractivity contribution in [2.45, 2.75) is 46.6 Å². The van der Waals surface area contributed by atoms with E-state index in [9.17, 15) is 0 Å². The molecular formula is C15H26N4O. The van der Waals surface area contributed by atoms with Gasteiger partial charge in [0.05, 0.1) is 0 Å². The Hall–Kier alpha value is -1.78. The van der Waals surface area contributed by atoms with E-state index in [1.807, 2.05) is 6.07 Å². The Labute approximate surface area is 121 Å². The first-order chi connectivity index (χ1) is 9.53. The third-order valence-corrected chi connectivity index (χ3v) is 3.39. The fourth-order valence-corrected chi connectivity index (χ4v) is 2.35. The van der Waals surface area contributed by atoms with Crippen LogP contribution in [0.15, 0.2) is 23.5 Å². The molecule has 0 bridgehead atoms. The summed E-state index contributed by atoms with van der Waals surface area (Å²) >= 11 is 0. The molecule has 0 amide bonds. The Morgan fingerprint density at radius 3 is 2.55 bits per heavy atom. The zero-order valence-electron chi connectivity index (χ0n) is 12.9. The monoisotopic (exact) mass is 278 g/mol. The summed E-state index contributed by atoms with van der Waals surface area (Å²) in [5.74, 6) is 1.55. The van der Waals surface area contributed by atoms with Crippen LogP contribution in [0.25, 0.3) is 0 Å². The molecule has 1 aromatic heterocycles. The Morgan fingerprint density at radius 1 is 1.40 bits per heavy atom. The fraction of sp³-hybridized carbons (Fsp3) is 0.600. The topological polar surface area (TPSA) is 74.7 Å². The highest BCUT2D eigenvalue weighted by atomic mass is 16.4. The van der Waals surface area contributed by atoms with E-state index >= 15 is 0 Å². The standard InChI is InChI=1S/C15H26N4O/c1-5-13(6-2)19(10-11(3)4)14-9-12(7-8-17-14)15(16)18-20/h7-9,11,13,20H,5-6,10H2,1-4H3,(H2,16,18). The van der Waals surface area contributed by atoms with Crippen molar-refractivity contribution < 1.29 is 5.21 Å². The van der Waals surface area contributed by atoms with E-state index in [0.717, 1.165) is 25.2 Å². The van der Waals surface area contributed by atoms with E-state index in [4.69, 9.17) is 10.9 Å². The molecule has 112 valence electrons. The number of pyridine rings is 1. The molecule has 1 rings (SSSR count). The van der Waals surface area contributed by atoms with Gasteiger partial charge < -0.3 is 15.8 Å². The number of nitrogens with two attached hydrogens (primary N) is 1. The van der Waals surface area contributed by atoms with Crippen molar-refractivity contribution in [1.82, 2.24) is 4.98 Å². The fourth-order valence-electron chi connectivity index (χ4n) is 2.35. The van der Waals surface area contributed by atoms with Gasteiger partial charge in [-0.15, -0.1) is 0 Å². The van der Waals surface area contributed by atoms with Gasteiger partial charge in [0.25, 0.3) is 0 Å². The zero-order valence-corrected chi connectivity index (χ0v) is 12.9. The van der Waals surface area contributed by atoms with Crippen molar-refractivity contribution >= 4 is 11.7 Å². The number of hydrogen-bond acceptors (Lipinski definition) is 4. The summed E-state index contributed by atoms with van der Waals surface area (Å²) in [6.45, 7) is 9.72. The van der Waals surface area contributed by atoms with Crippen LogP contribution < -0.4 is 10.6 Å². The molecule has 0 atom stereocenters. The molecule has 0 aliphatic carbocycles. The third kappa shape index (κ3) is 4.11. The Morgan fingerprint density at radius 2 is 2.05 bits per heavy atom. The number of hydrogen-bond donors (Lipinski definition) is 2. The van der Waals surface area contributed by atoms with Gasteiger partial charge in [0.15, 0.2) is 5.84 Å². The van der Waals surface area contributed by atoms with Crippen molar-refractivity contribution in [3.05, 3.63) is 23.9 Å². The molecule has 1 heterocycles. The molecule has 0 aliphatic heterocycles. The Kier molecular flexibility index (Phi) is 6.28. The number of oxime groups is 1. The maximum absolute atomic E-state index is 8.79. The van der Waals surface area contributed by atoms with Crippen LogP contribution in [0.1, 0.15) is 46.1 Å². The van der Waals surface area contributed by atoms with E-state index < -0.39 is 0 Å². The minimum absolute atomic E-state index is 0.114. The van der Waals surface area contributed by atoms with Crippen molar-refractivity contribution in [2.75, 3.05) is 11.4 Å². The molecule has 1 aromatic rings. The third-order valence-electron chi connectivity index (χ3n) is 3.39. The minimum Gasteiger partial charge on any atom is -0.409 e. The smallest absolute Gasteiger partial charge is 0.170 e. The summed E-state index contributed by atoms with van der Waals surface area (Å²) in [5, 5.41) is 11.8. The van der Waals surface area contributed by atoms with Crippen LogP contribution in [-0.2, 0) is 0 Å². The maximum Gasteiger partial charge on any atom is 0.170 e. The van der Waals surface area contributed by atoms with E-state index in [-0.39, 0.29) is 5.84 Å². The van der Waals surface area contributed by atoms with Crippen LogP contribution in [0.3, 0.4) is 0 Å². The number of anilines is 1. The van der Waals surface area contributed by atoms with Crippen LogP contribution in [0, 0.1) is 5.92 Å². The highest BCUT2D eigenvalue weighted by Crippen LogP contribution is 2.21. The van der Waals surface area contributed by atoms with Crippen LogP contribution in [0.5, 0.6) is 0 Å². The molecule has 0 fully saturated rings. The molecule has 0 radical (unpaired) electrons. The van der Waals surface area contributed by atoms with Gasteiger partial charge in [-0.05, 0) is 30.9 Å².